The number of rotatable bonds is 0. The maximum absolute atomic E-state index is 10.5. The first-order valence-corrected chi connectivity index (χ1v) is 2.96. The van der Waals surface area contributed by atoms with Gasteiger partial charge in [-0.25, -0.2) is 0 Å². The minimum absolute atomic E-state index is 0. The second-order valence-corrected chi connectivity index (χ2v) is 2.79. The predicted octanol–water partition coefficient (Wildman–Crippen LogP) is 1.37. The van der Waals surface area contributed by atoms with Crippen molar-refractivity contribution in [3.63, 3.8) is 0 Å². The summed E-state index contributed by atoms with van der Waals surface area (Å²) in [5, 5.41) is 0. The summed E-state index contributed by atoms with van der Waals surface area (Å²) in [4.78, 5) is 0. The SMILES string of the molecule is F.[F][Ni]([F])([F])([F])([F])[F].[KH].[KH]. The van der Waals surface area contributed by atoms with Crippen LogP contribution in [0, 0.1) is 0 Å². The zero-order valence-corrected chi connectivity index (χ0v) is 3.98. The van der Waals surface area contributed by atoms with E-state index in [2.05, 4.69) is 0 Å². The summed E-state index contributed by atoms with van der Waals surface area (Å²) in [6.07, 6.45) is 0. The van der Waals surface area contributed by atoms with Gasteiger partial charge in [0.05, 0.1) is 0 Å². The summed E-state index contributed by atoms with van der Waals surface area (Å²) < 4.78 is 59.1. The Hall–Kier alpha value is 3.28. The van der Waals surface area contributed by atoms with E-state index in [0.29, 0.717) is 0 Å². The Bertz CT molecular complexity index is 70.2. The maximum atomic E-state index is 9.85. The van der Waals surface area contributed by atoms with Crippen LogP contribution in [0.1, 0.15) is 0 Å². The summed E-state index contributed by atoms with van der Waals surface area (Å²) >= 11 is -10.5. The van der Waals surface area contributed by atoms with E-state index in [1.54, 1.807) is 0 Å². The molecule has 0 aromatic rings. The molecule has 10 heavy (non-hydrogen) atoms. The molecule has 10 heteroatoms. The van der Waals surface area contributed by atoms with Crippen LogP contribution in [0.2, 0.25) is 0 Å². The van der Waals surface area contributed by atoms with Crippen molar-refractivity contribution in [3.05, 3.63) is 0 Å². The molecule has 0 heterocycles. The van der Waals surface area contributed by atoms with Crippen molar-refractivity contribution in [2.24, 2.45) is 0 Å². The van der Waals surface area contributed by atoms with Crippen molar-refractivity contribution in [2.75, 3.05) is 0 Å². The number of hydrogen-bond donors (Lipinski definition) is 0. The molecule has 0 aliphatic carbocycles. The molecular weight excluding hydrogens is 270 g/mol. The van der Waals surface area contributed by atoms with Gasteiger partial charge < -0.3 is 0 Å². The zero-order valence-electron chi connectivity index (χ0n) is 2.99. The summed E-state index contributed by atoms with van der Waals surface area (Å²) in [5.74, 6) is 0. The topological polar surface area (TPSA) is 0 Å². The molecule has 0 amide bonds. The Labute approximate surface area is 138 Å². The molecule has 0 aliphatic heterocycles. The third kappa shape index (κ3) is 111. The fraction of sp³-hybridized carbons (Fsp3) is 0. The minimum atomic E-state index is -10.5. The monoisotopic (exact) mass is 272 g/mol. The van der Waals surface area contributed by atoms with Gasteiger partial charge in [0, 0.05) is 0 Å². The molecule has 0 N–H and O–H groups in total. The Kier molecular flexibility index (Phi) is 10.9. The molecule has 0 aliphatic rings. The van der Waals surface area contributed by atoms with Crippen molar-refractivity contribution in [1.82, 2.24) is 0 Å². The molecule has 0 saturated heterocycles. The molecule has 0 atom stereocenters. The van der Waals surface area contributed by atoms with Crippen LogP contribution >= 0.6 is 0 Å². The third-order valence-corrected chi connectivity index (χ3v) is 0. The molecule has 0 saturated carbocycles. The molecule has 0 nitrogen and oxygen atoms in total. The summed E-state index contributed by atoms with van der Waals surface area (Å²) in [6.45, 7) is 0. The fourth-order valence-corrected chi connectivity index (χ4v) is 0. The number of hydrogen-bond acceptors (Lipinski definition) is 0. The first-order chi connectivity index (χ1) is 2.45. The molecule has 0 rings (SSSR count). The average Bonchev–Trinajstić information content (AvgIpc) is 0.592. The van der Waals surface area contributed by atoms with Gasteiger partial charge in [-0.2, -0.15) is 0 Å². The Balaban J connectivity index is -0.0000000600. The molecule has 0 bridgehead atoms. The van der Waals surface area contributed by atoms with Crippen LogP contribution in [0.4, 0.5) is 26.3 Å². The van der Waals surface area contributed by atoms with E-state index in [-0.39, 0.29) is 107 Å². The van der Waals surface area contributed by atoms with E-state index in [1.807, 2.05) is 0 Å². The van der Waals surface area contributed by atoms with E-state index in [9.17, 15) is 21.6 Å². The van der Waals surface area contributed by atoms with E-state index in [1.165, 1.54) is 0 Å². The predicted molar refractivity (Wildman–Crippen MR) is 23.4 cm³/mol. The molecule has 0 aromatic heterocycles. The van der Waals surface area contributed by atoms with Crippen LogP contribution in [0.15, 0.2) is 0 Å². The van der Waals surface area contributed by atoms with Crippen molar-refractivity contribution in [1.29, 1.82) is 0 Å². The molecule has 0 radical (unpaired) electrons. The fourth-order valence-electron chi connectivity index (χ4n) is 0. The van der Waals surface area contributed by atoms with Gasteiger partial charge in [0.25, 0.3) is 0 Å². The molecule has 64 valence electrons. The molecule has 0 fully saturated rings. The van der Waals surface area contributed by atoms with Crippen molar-refractivity contribution in [2.45, 2.75) is 0 Å². The van der Waals surface area contributed by atoms with E-state index < -0.39 is 13.0 Å². The van der Waals surface area contributed by atoms with Crippen LogP contribution in [0.3, 0.4) is 0 Å². The first kappa shape index (κ1) is 23.3. The van der Waals surface area contributed by atoms with Crippen molar-refractivity contribution in [3.8, 4) is 0 Å². The first-order valence-electron chi connectivity index (χ1n) is 0.717. The van der Waals surface area contributed by atoms with Crippen molar-refractivity contribution < 1.29 is 39.3 Å². The van der Waals surface area contributed by atoms with Crippen molar-refractivity contribution >= 4 is 103 Å². The van der Waals surface area contributed by atoms with Gasteiger partial charge in [0.1, 0.15) is 0 Å². The molecule has 0 unspecified atom stereocenters. The summed E-state index contributed by atoms with van der Waals surface area (Å²) in [6, 6.07) is 0. The Morgan fingerprint density at radius 3 is 0.600 bits per heavy atom. The second kappa shape index (κ2) is 4.67. The normalized spacial score (nSPS) is 16.2. The van der Waals surface area contributed by atoms with Crippen LogP contribution in [0.5, 0.6) is 0 Å². The van der Waals surface area contributed by atoms with Crippen LogP contribution < -0.4 is 0 Å². The zero-order chi connectivity index (χ0) is 6.41. The van der Waals surface area contributed by atoms with E-state index in [0.717, 1.165) is 0 Å². The summed E-state index contributed by atoms with van der Waals surface area (Å²) in [7, 11) is 0. The molecule has 0 spiro atoms. The second-order valence-electron chi connectivity index (χ2n) is 0.678. The van der Waals surface area contributed by atoms with Gasteiger partial charge in [-0.15, -0.1) is 0 Å². The van der Waals surface area contributed by atoms with Crippen LogP contribution in [-0.4, -0.2) is 103 Å². The van der Waals surface area contributed by atoms with Crippen LogP contribution in [0.25, 0.3) is 0 Å². The Morgan fingerprint density at radius 2 is 0.600 bits per heavy atom. The van der Waals surface area contributed by atoms with Gasteiger partial charge in [0.15, 0.2) is 0 Å². The van der Waals surface area contributed by atoms with Crippen LogP contribution in [-0.2, 0) is 13.0 Å². The summed E-state index contributed by atoms with van der Waals surface area (Å²) in [5.41, 5.74) is 0. The van der Waals surface area contributed by atoms with Gasteiger partial charge >= 0.3 is 137 Å². The third-order valence-electron chi connectivity index (χ3n) is 0. The van der Waals surface area contributed by atoms with E-state index >= 15 is 0 Å². The van der Waals surface area contributed by atoms with E-state index in [4.69, 9.17) is 0 Å². The molecule has 0 aromatic carbocycles. The van der Waals surface area contributed by atoms with Gasteiger partial charge in [-0.3, -0.25) is 4.70 Å². The van der Waals surface area contributed by atoms with Gasteiger partial charge in [-0.05, 0) is 0 Å². The van der Waals surface area contributed by atoms with Gasteiger partial charge in [-0.1, -0.05) is 0 Å². The Morgan fingerprint density at radius 1 is 0.600 bits per heavy atom. The van der Waals surface area contributed by atoms with Gasteiger partial charge in [0.2, 0.25) is 0 Å². The quantitative estimate of drug-likeness (QED) is 0.462. The standard InChI is InChI=1S/7FH.2K.Ni.2H/h7*1H;;;;;/q;;;;;;;;;+6;;/p-6. The molecular formula is H3F7K2Ni. The average molecular weight is 273 g/mol. The number of halogens is 7.